The van der Waals surface area contributed by atoms with Crippen molar-refractivity contribution < 1.29 is 19.1 Å². The second kappa shape index (κ2) is 5.69. The van der Waals surface area contributed by atoms with Crippen molar-refractivity contribution in [2.24, 2.45) is 0 Å². The van der Waals surface area contributed by atoms with Gasteiger partial charge in [-0.1, -0.05) is 0 Å². The molecule has 0 aliphatic carbocycles. The molecule has 0 aliphatic heterocycles. The van der Waals surface area contributed by atoms with Crippen LogP contribution < -0.4 is 10.6 Å². The van der Waals surface area contributed by atoms with Crippen LogP contribution in [0.2, 0.25) is 0 Å². The summed E-state index contributed by atoms with van der Waals surface area (Å²) in [5, 5.41) is 20.4. The van der Waals surface area contributed by atoms with Gasteiger partial charge in [0.2, 0.25) is 0 Å². The Balaban J connectivity index is 2.15. The molecule has 0 atom stereocenters. The van der Waals surface area contributed by atoms with E-state index in [1.807, 2.05) is 0 Å². The molecule has 102 valence electrons. The number of nitrogens with zero attached hydrogens (tertiary/aromatic N) is 3. The molecule has 0 fully saturated rings. The topological polar surface area (TPSA) is 117 Å². The standard InChI is InChI=1S/C11H8FN5O3/c12-6-1-2-7(9(18)19)8(5-6)15-11(20)16-10-13-3-4-14-17-10/h1-5H,(H,18,19)(H2,13,15,16,17,20). The van der Waals surface area contributed by atoms with E-state index in [1.54, 1.807) is 0 Å². The number of hydrogen-bond acceptors (Lipinski definition) is 5. The number of carboxylic acids is 1. The summed E-state index contributed by atoms with van der Waals surface area (Å²) >= 11 is 0. The monoisotopic (exact) mass is 277 g/mol. The molecule has 0 saturated carbocycles. The molecular formula is C11H8FN5O3. The summed E-state index contributed by atoms with van der Waals surface area (Å²) in [7, 11) is 0. The fourth-order valence-electron chi connectivity index (χ4n) is 1.37. The molecule has 2 amide bonds. The van der Waals surface area contributed by atoms with Crippen molar-refractivity contribution in [3.05, 3.63) is 42.0 Å². The Morgan fingerprint density at radius 3 is 2.65 bits per heavy atom. The molecule has 0 radical (unpaired) electrons. The molecule has 9 heteroatoms. The number of aromatic carboxylic acids is 1. The molecule has 2 aromatic rings. The number of carbonyl (C=O) groups excluding carboxylic acids is 1. The maximum atomic E-state index is 13.1. The Hall–Kier alpha value is -3.10. The van der Waals surface area contributed by atoms with Gasteiger partial charge in [-0.25, -0.2) is 19.0 Å². The fourth-order valence-corrected chi connectivity index (χ4v) is 1.37. The van der Waals surface area contributed by atoms with E-state index < -0.39 is 17.8 Å². The molecule has 3 N–H and O–H groups in total. The van der Waals surface area contributed by atoms with E-state index in [-0.39, 0.29) is 17.2 Å². The summed E-state index contributed by atoms with van der Waals surface area (Å²) in [5.74, 6) is -2.04. The van der Waals surface area contributed by atoms with Crippen LogP contribution in [0, 0.1) is 5.82 Å². The van der Waals surface area contributed by atoms with Gasteiger partial charge in [-0.3, -0.25) is 5.32 Å². The number of carboxylic acid groups (broad SMARTS) is 1. The number of aromatic nitrogens is 3. The zero-order chi connectivity index (χ0) is 14.5. The molecule has 8 nitrogen and oxygen atoms in total. The third-order valence-corrected chi connectivity index (χ3v) is 2.17. The Morgan fingerprint density at radius 2 is 2.00 bits per heavy atom. The molecule has 0 unspecified atom stereocenters. The molecule has 1 aromatic carbocycles. The van der Waals surface area contributed by atoms with Crippen molar-refractivity contribution in [2.75, 3.05) is 10.6 Å². The number of halogens is 1. The van der Waals surface area contributed by atoms with Crippen LogP contribution in [0.15, 0.2) is 30.6 Å². The van der Waals surface area contributed by atoms with Crippen molar-refractivity contribution in [3.63, 3.8) is 0 Å². The lowest BCUT2D eigenvalue weighted by molar-refractivity contribution is 0.0698. The van der Waals surface area contributed by atoms with Crippen LogP contribution >= 0.6 is 0 Å². The minimum absolute atomic E-state index is 0.0710. The second-order valence-electron chi connectivity index (χ2n) is 3.54. The van der Waals surface area contributed by atoms with Gasteiger partial charge in [-0.2, -0.15) is 5.10 Å². The Morgan fingerprint density at radius 1 is 1.20 bits per heavy atom. The number of rotatable bonds is 3. The molecular weight excluding hydrogens is 269 g/mol. The lowest BCUT2D eigenvalue weighted by Gasteiger charge is -2.08. The predicted octanol–water partition coefficient (Wildman–Crippen LogP) is 1.35. The van der Waals surface area contributed by atoms with E-state index in [0.29, 0.717) is 0 Å². The summed E-state index contributed by atoms with van der Waals surface area (Å²) in [6, 6.07) is 2.11. The highest BCUT2D eigenvalue weighted by Gasteiger charge is 2.14. The number of urea groups is 1. The Bertz CT molecular complexity index is 650. The van der Waals surface area contributed by atoms with Gasteiger partial charge < -0.3 is 10.4 Å². The lowest BCUT2D eigenvalue weighted by atomic mass is 10.2. The van der Waals surface area contributed by atoms with E-state index >= 15 is 0 Å². The van der Waals surface area contributed by atoms with Crippen molar-refractivity contribution >= 4 is 23.6 Å². The molecule has 1 heterocycles. The highest BCUT2D eigenvalue weighted by molar-refractivity contribution is 6.03. The van der Waals surface area contributed by atoms with Crippen LogP contribution in [-0.4, -0.2) is 32.3 Å². The smallest absolute Gasteiger partial charge is 0.337 e. The number of hydrogen-bond donors (Lipinski definition) is 3. The van der Waals surface area contributed by atoms with E-state index in [2.05, 4.69) is 25.8 Å². The normalized spacial score (nSPS) is 9.85. The zero-order valence-corrected chi connectivity index (χ0v) is 9.87. The van der Waals surface area contributed by atoms with Crippen LogP contribution in [0.5, 0.6) is 0 Å². The number of benzene rings is 1. The van der Waals surface area contributed by atoms with Crippen molar-refractivity contribution in [1.29, 1.82) is 0 Å². The number of nitrogens with one attached hydrogen (secondary N) is 2. The first-order valence-electron chi connectivity index (χ1n) is 5.31. The molecule has 0 spiro atoms. The van der Waals surface area contributed by atoms with Gasteiger partial charge in [-0.15, -0.1) is 5.10 Å². The summed E-state index contributed by atoms with van der Waals surface area (Å²) < 4.78 is 13.1. The predicted molar refractivity (Wildman–Crippen MR) is 65.8 cm³/mol. The minimum Gasteiger partial charge on any atom is -0.478 e. The van der Waals surface area contributed by atoms with Gasteiger partial charge in [0.1, 0.15) is 5.82 Å². The highest BCUT2D eigenvalue weighted by Crippen LogP contribution is 2.17. The van der Waals surface area contributed by atoms with Crippen molar-refractivity contribution in [1.82, 2.24) is 15.2 Å². The lowest BCUT2D eigenvalue weighted by Crippen LogP contribution is -2.22. The average molecular weight is 277 g/mol. The molecule has 0 aliphatic rings. The quantitative estimate of drug-likeness (QED) is 0.779. The van der Waals surface area contributed by atoms with Gasteiger partial charge in [-0.05, 0) is 18.2 Å². The van der Waals surface area contributed by atoms with Crippen LogP contribution in [0.3, 0.4) is 0 Å². The third-order valence-electron chi connectivity index (χ3n) is 2.17. The first-order chi connectivity index (χ1) is 9.56. The van der Waals surface area contributed by atoms with Crippen LogP contribution in [0.25, 0.3) is 0 Å². The van der Waals surface area contributed by atoms with Gasteiger partial charge in [0.05, 0.1) is 23.6 Å². The van der Waals surface area contributed by atoms with Gasteiger partial charge in [0, 0.05) is 0 Å². The second-order valence-corrected chi connectivity index (χ2v) is 3.54. The number of amides is 2. The molecule has 0 bridgehead atoms. The fraction of sp³-hybridized carbons (Fsp3) is 0. The molecule has 2 rings (SSSR count). The Kier molecular flexibility index (Phi) is 3.80. The summed E-state index contributed by atoms with van der Waals surface area (Å²) in [5.41, 5.74) is -0.424. The maximum Gasteiger partial charge on any atom is 0.337 e. The van der Waals surface area contributed by atoms with E-state index in [4.69, 9.17) is 5.11 Å². The summed E-state index contributed by atoms with van der Waals surface area (Å²) in [6.45, 7) is 0. The maximum absolute atomic E-state index is 13.1. The van der Waals surface area contributed by atoms with E-state index in [0.717, 1.165) is 18.2 Å². The van der Waals surface area contributed by atoms with Gasteiger partial charge in [0.25, 0.3) is 5.95 Å². The van der Waals surface area contributed by atoms with Crippen LogP contribution in [0.1, 0.15) is 10.4 Å². The highest BCUT2D eigenvalue weighted by atomic mass is 19.1. The van der Waals surface area contributed by atoms with Gasteiger partial charge in [0.15, 0.2) is 0 Å². The molecule has 20 heavy (non-hydrogen) atoms. The SMILES string of the molecule is O=C(Nc1nccnn1)Nc1cc(F)ccc1C(=O)O. The minimum atomic E-state index is -1.29. The molecule has 0 saturated heterocycles. The Labute approximate surface area is 111 Å². The number of anilines is 2. The van der Waals surface area contributed by atoms with Crippen molar-refractivity contribution in [3.8, 4) is 0 Å². The van der Waals surface area contributed by atoms with E-state index in [1.165, 1.54) is 12.4 Å². The third kappa shape index (κ3) is 3.22. The molecule has 1 aromatic heterocycles. The average Bonchev–Trinajstić information content (AvgIpc) is 2.39. The van der Waals surface area contributed by atoms with Crippen molar-refractivity contribution in [2.45, 2.75) is 0 Å². The van der Waals surface area contributed by atoms with Crippen LogP contribution in [0.4, 0.5) is 20.8 Å². The first kappa shape index (κ1) is 13.3. The summed E-state index contributed by atoms with van der Waals surface area (Å²) in [6.07, 6.45) is 2.63. The zero-order valence-electron chi connectivity index (χ0n) is 9.87. The van der Waals surface area contributed by atoms with Gasteiger partial charge >= 0.3 is 12.0 Å². The summed E-state index contributed by atoms with van der Waals surface area (Å²) in [4.78, 5) is 26.3. The first-order valence-corrected chi connectivity index (χ1v) is 5.31. The van der Waals surface area contributed by atoms with Crippen LogP contribution in [-0.2, 0) is 0 Å². The number of carbonyl (C=O) groups is 2. The largest absolute Gasteiger partial charge is 0.478 e. The van der Waals surface area contributed by atoms with E-state index in [9.17, 15) is 14.0 Å².